The Kier molecular flexibility index (Phi) is 72.8. The van der Waals surface area contributed by atoms with Gasteiger partial charge in [-0.1, -0.05) is 389 Å². The monoisotopic (exact) mass is 1510 g/mol. The molecule has 0 aromatic rings. The van der Waals surface area contributed by atoms with E-state index in [4.69, 9.17) is 37.0 Å². The van der Waals surface area contributed by atoms with Gasteiger partial charge in [-0.2, -0.15) is 0 Å². The standard InChI is InChI=1S/C84H164O17P2/c1-8-10-11-12-13-14-15-16-17-18-19-23-28-33-38-43-51-58-65-81(86)94-71-79(100-83(88)67-60-53-44-39-34-29-24-21-20-22-26-31-36-41-48-55-62-75(3)4)73-98-102(90,91)96-69-78(85)70-97-103(92,93)99-74-80(72-95-82(87)66-59-52-47-46-50-57-64-77(7)9-2)101-84(89)68-61-54-45-40-35-30-25-27-32-37-42-49-56-63-76(5)6/h75-80,85H,8-74H2,1-7H3,(H,90,91)(H,92,93)/t77?,78-,79-,80-/m1/s1. The maximum atomic E-state index is 13.1. The summed E-state index contributed by atoms with van der Waals surface area (Å²) in [5, 5.41) is 10.7. The molecule has 17 nitrogen and oxygen atoms in total. The molecule has 19 heteroatoms. The summed E-state index contributed by atoms with van der Waals surface area (Å²) in [5.74, 6) is 0.219. The predicted octanol–water partition coefficient (Wildman–Crippen LogP) is 25.3. The molecule has 0 bridgehead atoms. The summed E-state index contributed by atoms with van der Waals surface area (Å²) in [6, 6.07) is 0. The van der Waals surface area contributed by atoms with Gasteiger partial charge in [-0.3, -0.25) is 37.3 Å². The molecule has 0 aromatic carbocycles. The van der Waals surface area contributed by atoms with Crippen LogP contribution in [0.5, 0.6) is 0 Å². The van der Waals surface area contributed by atoms with E-state index in [-0.39, 0.29) is 25.7 Å². The topological polar surface area (TPSA) is 237 Å². The largest absolute Gasteiger partial charge is 0.472 e. The first-order chi connectivity index (χ1) is 49.8. The van der Waals surface area contributed by atoms with Crippen molar-refractivity contribution in [2.45, 2.75) is 458 Å². The van der Waals surface area contributed by atoms with Crippen LogP contribution in [0.15, 0.2) is 0 Å². The second-order valence-electron chi connectivity index (χ2n) is 31.4. The zero-order valence-corrected chi connectivity index (χ0v) is 69.6. The Labute approximate surface area is 632 Å². The summed E-state index contributed by atoms with van der Waals surface area (Å²) in [7, 11) is -9.93. The van der Waals surface area contributed by atoms with Gasteiger partial charge >= 0.3 is 39.5 Å². The Balaban J connectivity index is 5.24. The lowest BCUT2D eigenvalue weighted by molar-refractivity contribution is -0.161. The second-order valence-corrected chi connectivity index (χ2v) is 34.3. The van der Waals surface area contributed by atoms with Crippen LogP contribution in [0.1, 0.15) is 440 Å². The Bertz CT molecular complexity index is 1990. The molecular weight excluding hydrogens is 1340 g/mol. The zero-order valence-electron chi connectivity index (χ0n) is 67.8. The molecule has 0 aliphatic heterocycles. The lowest BCUT2D eigenvalue weighted by atomic mass is 10.00. The number of carbonyl (C=O) groups is 4. The molecule has 0 heterocycles. The van der Waals surface area contributed by atoms with Crippen LogP contribution in [0, 0.1) is 17.8 Å². The molecule has 0 fully saturated rings. The Morgan fingerprint density at radius 1 is 0.282 bits per heavy atom. The lowest BCUT2D eigenvalue weighted by Gasteiger charge is -2.21. The van der Waals surface area contributed by atoms with Gasteiger partial charge < -0.3 is 33.8 Å². The lowest BCUT2D eigenvalue weighted by Crippen LogP contribution is -2.30. The number of phosphoric acid groups is 2. The summed E-state index contributed by atoms with van der Waals surface area (Å²) in [5.41, 5.74) is 0. The fraction of sp³-hybridized carbons (Fsp3) is 0.952. The summed E-state index contributed by atoms with van der Waals surface area (Å²) in [4.78, 5) is 73.1. The van der Waals surface area contributed by atoms with E-state index in [0.29, 0.717) is 25.7 Å². The van der Waals surface area contributed by atoms with E-state index < -0.39 is 97.5 Å². The van der Waals surface area contributed by atoms with E-state index in [9.17, 15) is 43.2 Å². The molecule has 103 heavy (non-hydrogen) atoms. The smallest absolute Gasteiger partial charge is 0.462 e. The van der Waals surface area contributed by atoms with Crippen molar-refractivity contribution < 1.29 is 80.2 Å². The van der Waals surface area contributed by atoms with E-state index in [2.05, 4.69) is 48.5 Å². The number of phosphoric ester groups is 2. The van der Waals surface area contributed by atoms with Gasteiger partial charge in [-0.25, -0.2) is 9.13 Å². The van der Waals surface area contributed by atoms with Crippen LogP contribution in [0.25, 0.3) is 0 Å². The average molecular weight is 1510 g/mol. The van der Waals surface area contributed by atoms with Gasteiger partial charge in [0.05, 0.1) is 26.4 Å². The minimum absolute atomic E-state index is 0.106. The number of aliphatic hydroxyl groups is 1. The van der Waals surface area contributed by atoms with Crippen LogP contribution in [-0.4, -0.2) is 96.7 Å². The number of aliphatic hydroxyl groups excluding tert-OH is 1. The van der Waals surface area contributed by atoms with Crippen LogP contribution >= 0.6 is 15.6 Å². The fourth-order valence-electron chi connectivity index (χ4n) is 13.0. The highest BCUT2D eigenvalue weighted by molar-refractivity contribution is 7.47. The molecule has 3 unspecified atom stereocenters. The van der Waals surface area contributed by atoms with Crippen molar-refractivity contribution in [1.82, 2.24) is 0 Å². The molecule has 0 saturated carbocycles. The van der Waals surface area contributed by atoms with Gasteiger partial charge in [0.1, 0.15) is 19.3 Å². The van der Waals surface area contributed by atoms with Crippen LogP contribution in [0.2, 0.25) is 0 Å². The quantitative estimate of drug-likeness (QED) is 0.0222. The van der Waals surface area contributed by atoms with Crippen LogP contribution in [-0.2, 0) is 65.4 Å². The first-order valence-corrected chi connectivity index (χ1v) is 46.4. The van der Waals surface area contributed by atoms with Crippen molar-refractivity contribution in [2.75, 3.05) is 39.6 Å². The van der Waals surface area contributed by atoms with Gasteiger partial charge in [-0.05, 0) is 43.4 Å². The van der Waals surface area contributed by atoms with E-state index >= 15 is 0 Å². The van der Waals surface area contributed by atoms with E-state index in [1.165, 1.54) is 244 Å². The fourth-order valence-corrected chi connectivity index (χ4v) is 14.6. The molecule has 0 rings (SSSR count). The molecule has 0 spiro atoms. The molecule has 0 radical (unpaired) electrons. The van der Waals surface area contributed by atoms with Crippen molar-refractivity contribution >= 4 is 39.5 Å². The normalized spacial score (nSPS) is 14.2. The molecule has 0 aliphatic carbocycles. The Morgan fingerprint density at radius 2 is 0.495 bits per heavy atom. The Morgan fingerprint density at radius 3 is 0.738 bits per heavy atom. The minimum atomic E-state index is -4.96. The van der Waals surface area contributed by atoms with Crippen molar-refractivity contribution in [3.05, 3.63) is 0 Å². The van der Waals surface area contributed by atoms with E-state index in [0.717, 1.165) is 114 Å². The molecule has 612 valence electrons. The molecule has 0 saturated heterocycles. The molecule has 0 amide bonds. The van der Waals surface area contributed by atoms with E-state index in [1.807, 2.05) is 0 Å². The molecule has 6 atom stereocenters. The molecule has 0 aromatic heterocycles. The van der Waals surface area contributed by atoms with Crippen LogP contribution in [0.4, 0.5) is 0 Å². The highest BCUT2D eigenvalue weighted by atomic mass is 31.2. The van der Waals surface area contributed by atoms with Crippen LogP contribution < -0.4 is 0 Å². The van der Waals surface area contributed by atoms with Gasteiger partial charge in [0, 0.05) is 25.7 Å². The highest BCUT2D eigenvalue weighted by Crippen LogP contribution is 2.45. The summed E-state index contributed by atoms with van der Waals surface area (Å²) >= 11 is 0. The first-order valence-electron chi connectivity index (χ1n) is 43.4. The third kappa shape index (κ3) is 76.6. The minimum Gasteiger partial charge on any atom is -0.462 e. The summed E-state index contributed by atoms with van der Waals surface area (Å²) in [6.45, 7) is 12.0. The average Bonchev–Trinajstić information content (AvgIpc) is 0.907. The maximum absolute atomic E-state index is 13.1. The highest BCUT2D eigenvalue weighted by Gasteiger charge is 2.30. The number of hydrogen-bond acceptors (Lipinski definition) is 15. The maximum Gasteiger partial charge on any atom is 0.472 e. The van der Waals surface area contributed by atoms with Gasteiger partial charge in [0.2, 0.25) is 0 Å². The first kappa shape index (κ1) is 101. The van der Waals surface area contributed by atoms with Crippen molar-refractivity contribution in [2.24, 2.45) is 17.8 Å². The number of esters is 4. The van der Waals surface area contributed by atoms with Crippen molar-refractivity contribution in [3.8, 4) is 0 Å². The Hall–Kier alpha value is -1.94. The van der Waals surface area contributed by atoms with Crippen molar-refractivity contribution in [1.29, 1.82) is 0 Å². The van der Waals surface area contributed by atoms with Gasteiger partial charge in [0.25, 0.3) is 0 Å². The number of rotatable bonds is 82. The number of ether oxygens (including phenoxy) is 4. The summed E-state index contributed by atoms with van der Waals surface area (Å²) < 4.78 is 68.8. The summed E-state index contributed by atoms with van der Waals surface area (Å²) in [6.07, 6.45) is 63.9. The van der Waals surface area contributed by atoms with Gasteiger partial charge in [-0.15, -0.1) is 0 Å². The third-order valence-corrected chi connectivity index (χ3v) is 21.9. The SMILES string of the molecule is CCCCCCCCCCCCCCCCCCCCC(=O)OC[C@H](COP(=O)(O)OC[C@@H](O)COP(=O)(O)OC[C@@H](COC(=O)CCCCCCCCC(C)CC)OC(=O)CCCCCCCCCCCCCCCC(C)C)OC(=O)CCCCCCCCCCCCCCCCCCC(C)C. The molecular formula is C84H164O17P2. The number of unbranched alkanes of at least 4 members (excludes halogenated alkanes) is 49. The molecule has 0 aliphatic rings. The zero-order chi connectivity index (χ0) is 75.8. The van der Waals surface area contributed by atoms with E-state index in [1.54, 1.807) is 0 Å². The van der Waals surface area contributed by atoms with Crippen molar-refractivity contribution in [3.63, 3.8) is 0 Å². The number of hydrogen-bond donors (Lipinski definition) is 3. The second kappa shape index (κ2) is 74.2. The third-order valence-electron chi connectivity index (χ3n) is 20.0. The predicted molar refractivity (Wildman–Crippen MR) is 423 cm³/mol. The van der Waals surface area contributed by atoms with Crippen LogP contribution in [0.3, 0.4) is 0 Å². The van der Waals surface area contributed by atoms with Gasteiger partial charge in [0.15, 0.2) is 12.2 Å². The molecule has 3 N–H and O–H groups in total. The number of carbonyl (C=O) groups excluding carboxylic acids is 4.